The van der Waals surface area contributed by atoms with Crippen LogP contribution in [0.15, 0.2) is 30.3 Å². The van der Waals surface area contributed by atoms with Crippen LogP contribution in [0.2, 0.25) is 0 Å². The van der Waals surface area contributed by atoms with Crippen LogP contribution in [0, 0.1) is 5.92 Å². The van der Waals surface area contributed by atoms with Gasteiger partial charge in [-0.15, -0.1) is 0 Å². The Morgan fingerprint density at radius 2 is 1.81 bits per heavy atom. The first-order valence-corrected chi connectivity index (χ1v) is 7.64. The third-order valence-electron chi connectivity index (χ3n) is 4.53. The zero-order valence-electron chi connectivity index (χ0n) is 13.2. The number of nitrogens with one attached hydrogen (secondary N) is 1. The maximum Gasteiger partial charge on any atom is 0.246 e. The predicted molar refractivity (Wildman–Crippen MR) is 82.6 cm³/mol. The number of amides is 2. The summed E-state index contributed by atoms with van der Waals surface area (Å²) in [7, 11) is 0. The Hall–Kier alpha value is -1.84. The minimum Gasteiger partial charge on any atom is -0.342 e. The van der Waals surface area contributed by atoms with E-state index < -0.39 is 12.1 Å². The standard InChI is InChI=1S/C17H24N2O2/c1-5-11(2)15-17(21)19(13(4)16(20)18-15)12(3)14-9-7-6-8-10-14/h6-13,15H,5H2,1-4H3,(H,18,20). The van der Waals surface area contributed by atoms with Gasteiger partial charge in [0.25, 0.3) is 0 Å². The maximum atomic E-state index is 12.8. The number of carbonyl (C=O) groups is 2. The number of piperazine rings is 1. The van der Waals surface area contributed by atoms with Gasteiger partial charge >= 0.3 is 0 Å². The van der Waals surface area contributed by atoms with Gasteiger partial charge in [-0.1, -0.05) is 50.6 Å². The van der Waals surface area contributed by atoms with Crippen molar-refractivity contribution < 1.29 is 9.59 Å². The quantitative estimate of drug-likeness (QED) is 0.925. The Kier molecular flexibility index (Phi) is 4.66. The molecule has 2 amide bonds. The highest BCUT2D eigenvalue weighted by Crippen LogP contribution is 2.27. The van der Waals surface area contributed by atoms with Crippen LogP contribution in [-0.4, -0.2) is 28.8 Å². The minimum absolute atomic E-state index is 0.0211. The van der Waals surface area contributed by atoms with Crippen LogP contribution < -0.4 is 5.32 Å². The van der Waals surface area contributed by atoms with Crippen molar-refractivity contribution in [3.05, 3.63) is 35.9 Å². The molecule has 0 spiro atoms. The number of hydrogen-bond donors (Lipinski definition) is 1. The fourth-order valence-corrected chi connectivity index (χ4v) is 2.85. The molecule has 21 heavy (non-hydrogen) atoms. The Morgan fingerprint density at radius 3 is 2.38 bits per heavy atom. The van der Waals surface area contributed by atoms with E-state index in [9.17, 15) is 9.59 Å². The van der Waals surface area contributed by atoms with Crippen LogP contribution in [0.25, 0.3) is 0 Å². The summed E-state index contributed by atoms with van der Waals surface area (Å²) < 4.78 is 0. The van der Waals surface area contributed by atoms with Crippen LogP contribution in [0.5, 0.6) is 0 Å². The van der Waals surface area contributed by atoms with Crippen LogP contribution in [0.3, 0.4) is 0 Å². The lowest BCUT2D eigenvalue weighted by Gasteiger charge is -2.42. The number of carbonyl (C=O) groups excluding carboxylic acids is 2. The van der Waals surface area contributed by atoms with Gasteiger partial charge in [-0.3, -0.25) is 9.59 Å². The second-order valence-corrected chi connectivity index (χ2v) is 5.88. The maximum absolute atomic E-state index is 12.8. The molecule has 1 saturated heterocycles. The van der Waals surface area contributed by atoms with Gasteiger partial charge in [0, 0.05) is 0 Å². The van der Waals surface area contributed by atoms with Gasteiger partial charge in [0.15, 0.2) is 0 Å². The SMILES string of the molecule is CCC(C)C1NC(=O)C(C)N(C(C)c2ccccc2)C1=O. The molecule has 1 aromatic rings. The molecule has 1 aliphatic heterocycles. The predicted octanol–water partition coefficient (Wildman–Crippen LogP) is 2.51. The number of rotatable bonds is 4. The largest absolute Gasteiger partial charge is 0.342 e. The Bertz CT molecular complexity index is 515. The minimum atomic E-state index is -0.437. The van der Waals surface area contributed by atoms with Crippen molar-refractivity contribution in [3.63, 3.8) is 0 Å². The van der Waals surface area contributed by atoms with E-state index in [1.165, 1.54) is 0 Å². The fraction of sp³-hybridized carbons (Fsp3) is 0.529. The summed E-state index contributed by atoms with van der Waals surface area (Å²) in [6, 6.07) is 8.90. The van der Waals surface area contributed by atoms with E-state index in [-0.39, 0.29) is 23.8 Å². The smallest absolute Gasteiger partial charge is 0.246 e. The van der Waals surface area contributed by atoms with Gasteiger partial charge in [-0.25, -0.2) is 0 Å². The summed E-state index contributed by atoms with van der Waals surface area (Å²) in [4.78, 5) is 26.7. The fourth-order valence-electron chi connectivity index (χ4n) is 2.85. The molecule has 4 atom stereocenters. The summed E-state index contributed by atoms with van der Waals surface area (Å²) in [5, 5.41) is 2.87. The molecule has 0 bridgehead atoms. The van der Waals surface area contributed by atoms with Crippen LogP contribution in [-0.2, 0) is 9.59 Å². The third-order valence-corrected chi connectivity index (χ3v) is 4.53. The van der Waals surface area contributed by atoms with Crippen molar-refractivity contribution in [2.45, 2.75) is 52.2 Å². The van der Waals surface area contributed by atoms with Gasteiger partial charge in [-0.05, 0) is 25.3 Å². The second-order valence-electron chi connectivity index (χ2n) is 5.88. The normalized spacial score (nSPS) is 25.4. The summed E-state index contributed by atoms with van der Waals surface area (Å²) in [5.41, 5.74) is 1.05. The van der Waals surface area contributed by atoms with E-state index >= 15 is 0 Å². The highest BCUT2D eigenvalue weighted by Gasteiger charge is 2.42. The number of nitrogens with zero attached hydrogens (tertiary/aromatic N) is 1. The average molecular weight is 288 g/mol. The van der Waals surface area contributed by atoms with Gasteiger partial charge < -0.3 is 10.2 Å². The molecule has 4 unspecified atom stereocenters. The second kappa shape index (κ2) is 6.29. The van der Waals surface area contributed by atoms with Crippen molar-refractivity contribution in [2.75, 3.05) is 0 Å². The van der Waals surface area contributed by atoms with Gasteiger partial charge in [0.2, 0.25) is 11.8 Å². The van der Waals surface area contributed by atoms with Crippen LogP contribution >= 0.6 is 0 Å². The molecule has 1 aromatic carbocycles. The molecule has 4 nitrogen and oxygen atoms in total. The number of benzene rings is 1. The summed E-state index contributed by atoms with van der Waals surface area (Å²) in [6.45, 7) is 7.81. The van der Waals surface area contributed by atoms with E-state index in [4.69, 9.17) is 0 Å². The Balaban J connectivity index is 2.30. The van der Waals surface area contributed by atoms with Crippen molar-refractivity contribution in [1.82, 2.24) is 10.2 Å². The molecule has 1 aliphatic rings. The lowest BCUT2D eigenvalue weighted by atomic mass is 9.92. The molecule has 4 heteroatoms. The lowest BCUT2D eigenvalue weighted by Crippen LogP contribution is -2.64. The summed E-state index contributed by atoms with van der Waals surface area (Å²) in [6.07, 6.45) is 0.860. The molecular formula is C17H24N2O2. The molecule has 1 fully saturated rings. The van der Waals surface area contributed by atoms with Crippen molar-refractivity contribution in [1.29, 1.82) is 0 Å². The topological polar surface area (TPSA) is 49.4 Å². The van der Waals surface area contributed by atoms with Crippen LogP contribution in [0.1, 0.15) is 45.7 Å². The zero-order valence-corrected chi connectivity index (χ0v) is 13.2. The van der Waals surface area contributed by atoms with Crippen molar-refractivity contribution in [2.24, 2.45) is 5.92 Å². The molecule has 0 saturated carbocycles. The zero-order chi connectivity index (χ0) is 15.6. The van der Waals surface area contributed by atoms with E-state index in [0.29, 0.717) is 0 Å². The van der Waals surface area contributed by atoms with E-state index in [1.54, 1.807) is 11.8 Å². The first kappa shape index (κ1) is 15.5. The summed E-state index contributed by atoms with van der Waals surface area (Å²) >= 11 is 0. The molecule has 0 aliphatic carbocycles. The van der Waals surface area contributed by atoms with Crippen LogP contribution in [0.4, 0.5) is 0 Å². The first-order chi connectivity index (χ1) is 9.97. The van der Waals surface area contributed by atoms with Gasteiger partial charge in [-0.2, -0.15) is 0 Å². The third kappa shape index (κ3) is 2.94. The van der Waals surface area contributed by atoms with E-state index in [0.717, 1.165) is 12.0 Å². The molecule has 114 valence electrons. The Labute approximate surface area is 126 Å². The van der Waals surface area contributed by atoms with Gasteiger partial charge in [0.05, 0.1) is 6.04 Å². The molecule has 0 aromatic heterocycles. The lowest BCUT2D eigenvalue weighted by molar-refractivity contribution is -0.152. The van der Waals surface area contributed by atoms with Crippen molar-refractivity contribution >= 4 is 11.8 Å². The van der Waals surface area contributed by atoms with Gasteiger partial charge in [0.1, 0.15) is 12.1 Å². The first-order valence-electron chi connectivity index (χ1n) is 7.64. The highest BCUT2D eigenvalue weighted by molar-refractivity contribution is 5.97. The molecule has 2 rings (SSSR count). The molecule has 1 heterocycles. The van der Waals surface area contributed by atoms with E-state index in [2.05, 4.69) is 5.32 Å². The number of hydrogen-bond acceptors (Lipinski definition) is 2. The molecule has 1 N–H and O–H groups in total. The Morgan fingerprint density at radius 1 is 1.19 bits per heavy atom. The van der Waals surface area contributed by atoms with E-state index in [1.807, 2.05) is 51.1 Å². The average Bonchev–Trinajstić information content (AvgIpc) is 2.51. The molecular weight excluding hydrogens is 264 g/mol. The molecule has 0 radical (unpaired) electrons. The summed E-state index contributed by atoms with van der Waals surface area (Å²) in [5.74, 6) is 0.0925. The highest BCUT2D eigenvalue weighted by atomic mass is 16.2. The monoisotopic (exact) mass is 288 g/mol. The van der Waals surface area contributed by atoms with Crippen molar-refractivity contribution in [3.8, 4) is 0 Å².